The summed E-state index contributed by atoms with van der Waals surface area (Å²) in [5.74, 6) is -1.58. The predicted octanol–water partition coefficient (Wildman–Crippen LogP) is 6.14. The third-order valence-corrected chi connectivity index (χ3v) is 7.86. The number of nitrogens with zero attached hydrogens (tertiary/aromatic N) is 6. The summed E-state index contributed by atoms with van der Waals surface area (Å²) in [4.78, 5) is 4.84. The summed E-state index contributed by atoms with van der Waals surface area (Å²) in [5, 5.41) is 9.82. The molecule has 2 aliphatic rings. The van der Waals surface area contributed by atoms with E-state index in [0.717, 1.165) is 25.9 Å². The van der Waals surface area contributed by atoms with Gasteiger partial charge in [0.25, 0.3) is 5.82 Å². The molecule has 3 aromatic carbocycles. The molecular formula is C29H30Cl2F4N6. The second kappa shape index (κ2) is 12.9. The summed E-state index contributed by atoms with van der Waals surface area (Å²) >= 11 is 0. The van der Waals surface area contributed by atoms with Crippen LogP contribution in [0, 0.1) is 5.82 Å². The van der Waals surface area contributed by atoms with E-state index in [-0.39, 0.29) is 49.0 Å². The van der Waals surface area contributed by atoms with E-state index in [0.29, 0.717) is 22.8 Å². The molecule has 3 heterocycles. The number of halogens is 6. The van der Waals surface area contributed by atoms with Crippen LogP contribution in [0.1, 0.15) is 41.3 Å². The smallest absolute Gasteiger partial charge is 0.296 e. The number of benzene rings is 3. The maximum atomic E-state index is 15.0. The van der Waals surface area contributed by atoms with E-state index >= 15 is 4.39 Å². The Kier molecular flexibility index (Phi) is 9.69. The molecule has 41 heavy (non-hydrogen) atoms. The van der Waals surface area contributed by atoms with Crippen molar-refractivity contribution in [3.05, 3.63) is 107 Å². The zero-order valence-corrected chi connectivity index (χ0v) is 23.6. The molecule has 2 saturated heterocycles. The number of rotatable bonds is 6. The highest BCUT2D eigenvalue weighted by atomic mass is 35.5. The molecule has 2 atom stereocenters. The second-order valence-electron chi connectivity index (χ2n) is 10.3. The minimum atomic E-state index is -4.73. The summed E-state index contributed by atoms with van der Waals surface area (Å²) in [6.45, 7) is 2.77. The number of tetrazole rings is 1. The Labute approximate surface area is 248 Å². The number of piperazine rings is 1. The predicted molar refractivity (Wildman–Crippen MR) is 152 cm³/mol. The third kappa shape index (κ3) is 6.40. The van der Waals surface area contributed by atoms with E-state index < -0.39 is 17.8 Å². The van der Waals surface area contributed by atoms with Crippen LogP contribution < -0.4 is 0 Å². The first-order valence-electron chi connectivity index (χ1n) is 13.1. The van der Waals surface area contributed by atoms with Gasteiger partial charge in [0.1, 0.15) is 5.82 Å². The first-order chi connectivity index (χ1) is 18.9. The standard InChI is InChI=1S/C29H28F4N6.2ClH/c30-25-14-13-23(39-28(29(31,32)33)34-35-36-39)16-22(25)17-37-18-24-12-7-15-38(24)26(19-37)27(20-8-3-1-4-9-20)21-10-5-2-6-11-21;;/h1-6,8-11,13-14,16,24,26-27H,7,12,15,17-19H2;2*1H/t24-,26-;;/m0../s1. The van der Waals surface area contributed by atoms with Gasteiger partial charge in [-0.25, -0.2) is 4.39 Å². The quantitative estimate of drug-likeness (QED) is 0.246. The highest BCUT2D eigenvalue weighted by Gasteiger charge is 2.42. The molecule has 0 bridgehead atoms. The van der Waals surface area contributed by atoms with Crippen LogP contribution in [0.15, 0.2) is 78.9 Å². The molecule has 218 valence electrons. The Morgan fingerprint density at radius 1 is 0.878 bits per heavy atom. The summed E-state index contributed by atoms with van der Waals surface area (Å²) in [6, 6.07) is 25.3. The number of aromatic nitrogens is 4. The van der Waals surface area contributed by atoms with Gasteiger partial charge in [-0.15, -0.1) is 29.9 Å². The zero-order valence-electron chi connectivity index (χ0n) is 22.0. The summed E-state index contributed by atoms with van der Waals surface area (Å²) < 4.78 is 55.8. The molecular weight excluding hydrogens is 579 g/mol. The topological polar surface area (TPSA) is 50.1 Å². The van der Waals surface area contributed by atoms with Gasteiger partial charge < -0.3 is 0 Å². The Hall–Kier alpha value is -3.05. The van der Waals surface area contributed by atoms with Gasteiger partial charge in [-0.1, -0.05) is 60.7 Å². The Morgan fingerprint density at radius 2 is 1.54 bits per heavy atom. The van der Waals surface area contributed by atoms with E-state index in [1.54, 1.807) is 0 Å². The van der Waals surface area contributed by atoms with Gasteiger partial charge in [0.05, 0.1) is 5.69 Å². The van der Waals surface area contributed by atoms with Gasteiger partial charge in [0, 0.05) is 43.2 Å². The first-order valence-corrected chi connectivity index (χ1v) is 13.1. The third-order valence-electron chi connectivity index (χ3n) is 7.86. The van der Waals surface area contributed by atoms with Crippen molar-refractivity contribution in [2.24, 2.45) is 0 Å². The van der Waals surface area contributed by atoms with E-state index in [4.69, 9.17) is 0 Å². The maximum Gasteiger partial charge on any atom is 0.453 e. The van der Waals surface area contributed by atoms with Gasteiger partial charge in [0.2, 0.25) is 0 Å². The molecule has 1 aromatic heterocycles. The molecule has 2 fully saturated rings. The van der Waals surface area contributed by atoms with Crippen molar-refractivity contribution >= 4 is 24.8 Å². The fourth-order valence-electron chi connectivity index (χ4n) is 6.21. The van der Waals surface area contributed by atoms with Crippen LogP contribution in [0.4, 0.5) is 17.6 Å². The van der Waals surface area contributed by atoms with Crippen LogP contribution in [0.2, 0.25) is 0 Å². The van der Waals surface area contributed by atoms with Crippen molar-refractivity contribution in [1.82, 2.24) is 30.0 Å². The molecule has 6 nitrogen and oxygen atoms in total. The van der Waals surface area contributed by atoms with Crippen LogP contribution in [0.3, 0.4) is 0 Å². The molecule has 4 aromatic rings. The molecule has 0 radical (unpaired) electrons. The molecule has 0 spiro atoms. The molecule has 12 heteroatoms. The minimum absolute atomic E-state index is 0. The van der Waals surface area contributed by atoms with Gasteiger partial charge in [-0.2, -0.15) is 17.9 Å². The lowest BCUT2D eigenvalue weighted by Gasteiger charge is -2.47. The Bertz CT molecular complexity index is 1380. The van der Waals surface area contributed by atoms with Gasteiger partial charge >= 0.3 is 6.18 Å². The number of hydrogen-bond acceptors (Lipinski definition) is 5. The number of fused-ring (bicyclic) bond motifs is 1. The van der Waals surface area contributed by atoms with Crippen molar-refractivity contribution in [1.29, 1.82) is 0 Å². The Balaban J connectivity index is 0.00000194. The summed E-state index contributed by atoms with van der Waals surface area (Å²) in [7, 11) is 0. The molecule has 0 unspecified atom stereocenters. The van der Waals surface area contributed by atoms with Crippen LogP contribution in [-0.2, 0) is 12.7 Å². The van der Waals surface area contributed by atoms with Crippen molar-refractivity contribution in [2.75, 3.05) is 19.6 Å². The van der Waals surface area contributed by atoms with E-state index in [9.17, 15) is 13.2 Å². The zero-order chi connectivity index (χ0) is 27.0. The van der Waals surface area contributed by atoms with Crippen LogP contribution in [0.5, 0.6) is 0 Å². The summed E-state index contributed by atoms with van der Waals surface area (Å²) in [5.41, 5.74) is 2.85. The van der Waals surface area contributed by atoms with E-state index in [1.165, 1.54) is 29.3 Å². The SMILES string of the molecule is Cl.Cl.Fc1ccc(-n2nnnc2C(F)(F)F)cc1CN1C[C@@H]2CCCN2[C@H](C(c2ccccc2)c2ccccc2)C1. The minimum Gasteiger partial charge on any atom is -0.296 e. The van der Waals surface area contributed by atoms with Crippen molar-refractivity contribution in [2.45, 2.75) is 43.6 Å². The van der Waals surface area contributed by atoms with E-state index in [1.807, 2.05) is 12.1 Å². The van der Waals surface area contributed by atoms with Gasteiger partial charge in [-0.05, 0) is 59.1 Å². The maximum absolute atomic E-state index is 15.0. The lowest BCUT2D eigenvalue weighted by atomic mass is 9.82. The van der Waals surface area contributed by atoms with Crippen molar-refractivity contribution in [3.63, 3.8) is 0 Å². The molecule has 6 rings (SSSR count). The molecule has 0 aliphatic carbocycles. The average molecular weight is 609 g/mol. The monoisotopic (exact) mass is 608 g/mol. The van der Waals surface area contributed by atoms with Crippen molar-refractivity contribution < 1.29 is 17.6 Å². The van der Waals surface area contributed by atoms with Gasteiger partial charge in [0.15, 0.2) is 0 Å². The fourth-order valence-corrected chi connectivity index (χ4v) is 6.21. The van der Waals surface area contributed by atoms with Gasteiger partial charge in [-0.3, -0.25) is 9.80 Å². The van der Waals surface area contributed by atoms with Crippen molar-refractivity contribution in [3.8, 4) is 5.69 Å². The van der Waals surface area contributed by atoms with E-state index in [2.05, 4.69) is 73.9 Å². The molecule has 0 saturated carbocycles. The lowest BCUT2D eigenvalue weighted by Crippen LogP contribution is -2.57. The summed E-state index contributed by atoms with van der Waals surface area (Å²) in [6.07, 6.45) is -2.56. The number of hydrogen-bond donors (Lipinski definition) is 0. The molecule has 2 aliphatic heterocycles. The highest BCUT2D eigenvalue weighted by molar-refractivity contribution is 5.85. The second-order valence-corrected chi connectivity index (χ2v) is 10.3. The lowest BCUT2D eigenvalue weighted by molar-refractivity contribution is -0.146. The van der Waals surface area contributed by atoms with Crippen LogP contribution in [0.25, 0.3) is 5.69 Å². The van der Waals surface area contributed by atoms with Crippen LogP contribution >= 0.6 is 24.8 Å². The first kappa shape index (κ1) is 30.9. The molecule has 0 N–H and O–H groups in total. The highest BCUT2D eigenvalue weighted by Crippen LogP contribution is 2.38. The van der Waals surface area contributed by atoms with Crippen LogP contribution in [-0.4, -0.2) is 61.7 Å². The Morgan fingerprint density at radius 3 is 2.17 bits per heavy atom. The normalized spacial score (nSPS) is 19.4. The number of alkyl halides is 3. The fraction of sp³-hybridized carbons (Fsp3) is 0.345. The average Bonchev–Trinajstić information content (AvgIpc) is 3.62. The molecule has 0 amide bonds. The largest absolute Gasteiger partial charge is 0.453 e.